The minimum absolute atomic E-state index is 1.23. The zero-order valence-corrected chi connectivity index (χ0v) is 7.77. The van der Waals surface area contributed by atoms with Crippen LogP contribution in [0.15, 0.2) is 34.9 Å². The van der Waals surface area contributed by atoms with Crippen LogP contribution in [0.4, 0.5) is 0 Å². The van der Waals surface area contributed by atoms with Gasteiger partial charge in [0.2, 0.25) is 0 Å². The Labute approximate surface area is 74.7 Å². The minimum Gasteiger partial charge on any atom is -0.0836 e. The maximum atomic E-state index is 2.40. The first-order chi connectivity index (χ1) is 5.90. The third-order valence-electron chi connectivity index (χ3n) is 2.88. The van der Waals surface area contributed by atoms with Crippen molar-refractivity contribution in [2.24, 2.45) is 0 Å². The first-order valence-corrected chi connectivity index (χ1v) is 4.98. The van der Waals surface area contributed by atoms with Gasteiger partial charge in [-0.3, -0.25) is 0 Å². The average molecular weight is 160 g/mol. The van der Waals surface area contributed by atoms with Crippen molar-refractivity contribution in [1.29, 1.82) is 0 Å². The van der Waals surface area contributed by atoms with Crippen LogP contribution in [-0.2, 0) is 0 Å². The maximum Gasteiger partial charge on any atom is -0.0268 e. The highest BCUT2D eigenvalue weighted by molar-refractivity contribution is 5.43. The lowest BCUT2D eigenvalue weighted by atomic mass is 9.86. The van der Waals surface area contributed by atoms with E-state index in [0.717, 1.165) is 0 Å². The number of allylic oxidation sites excluding steroid dienone is 6. The molecule has 0 aromatic rings. The van der Waals surface area contributed by atoms with Crippen molar-refractivity contribution in [3.8, 4) is 0 Å². The van der Waals surface area contributed by atoms with Crippen LogP contribution in [-0.4, -0.2) is 0 Å². The summed E-state index contributed by atoms with van der Waals surface area (Å²) in [6, 6.07) is 0. The average Bonchev–Trinajstić information content (AvgIpc) is 2.17. The summed E-state index contributed by atoms with van der Waals surface area (Å²) in [6.07, 6.45) is 13.4. The molecule has 0 aromatic heterocycles. The first kappa shape index (κ1) is 7.85. The molecule has 0 amide bonds. The molecule has 0 aromatic carbocycles. The summed E-state index contributed by atoms with van der Waals surface area (Å²) < 4.78 is 0. The lowest BCUT2D eigenvalue weighted by molar-refractivity contribution is 0.784. The predicted molar refractivity (Wildman–Crippen MR) is 53.0 cm³/mol. The Hall–Kier alpha value is -0.780. The lowest BCUT2D eigenvalue weighted by Gasteiger charge is -2.20. The van der Waals surface area contributed by atoms with Gasteiger partial charge in [-0.15, -0.1) is 0 Å². The van der Waals surface area contributed by atoms with Crippen molar-refractivity contribution in [2.45, 2.75) is 39.0 Å². The van der Waals surface area contributed by atoms with Gasteiger partial charge >= 0.3 is 0 Å². The molecule has 0 N–H and O–H groups in total. The third-order valence-corrected chi connectivity index (χ3v) is 2.88. The summed E-state index contributed by atoms with van der Waals surface area (Å²) in [7, 11) is 0. The summed E-state index contributed by atoms with van der Waals surface area (Å²) in [5, 5.41) is 0. The van der Waals surface area contributed by atoms with E-state index in [0.29, 0.717) is 0 Å². The van der Waals surface area contributed by atoms with Gasteiger partial charge in [-0.05, 0) is 37.7 Å². The van der Waals surface area contributed by atoms with E-state index in [4.69, 9.17) is 0 Å². The standard InChI is InChI=1S/C12H16/c1-2-10-7-8-11-5-3-4-6-12(11)9-10/h4,6,9H,2-3,5,7-8H2,1H3. The highest BCUT2D eigenvalue weighted by Gasteiger charge is 2.12. The largest absolute Gasteiger partial charge is 0.0836 e. The quantitative estimate of drug-likeness (QED) is 0.548. The van der Waals surface area contributed by atoms with Crippen LogP contribution in [0.5, 0.6) is 0 Å². The number of hydrogen-bond acceptors (Lipinski definition) is 0. The van der Waals surface area contributed by atoms with Gasteiger partial charge in [0.25, 0.3) is 0 Å². The molecule has 0 spiro atoms. The van der Waals surface area contributed by atoms with Gasteiger partial charge in [0.1, 0.15) is 0 Å². The van der Waals surface area contributed by atoms with Crippen LogP contribution in [0.25, 0.3) is 0 Å². The van der Waals surface area contributed by atoms with Crippen molar-refractivity contribution in [3.63, 3.8) is 0 Å². The topological polar surface area (TPSA) is 0 Å². The SMILES string of the molecule is CCC1=CC2=C(CCC=C2)CC1. The van der Waals surface area contributed by atoms with E-state index in [2.05, 4.69) is 25.2 Å². The van der Waals surface area contributed by atoms with Gasteiger partial charge < -0.3 is 0 Å². The molecule has 0 heteroatoms. The van der Waals surface area contributed by atoms with Crippen molar-refractivity contribution < 1.29 is 0 Å². The summed E-state index contributed by atoms with van der Waals surface area (Å²) >= 11 is 0. The van der Waals surface area contributed by atoms with E-state index in [1.807, 2.05) is 0 Å². The molecule has 0 fully saturated rings. The maximum absolute atomic E-state index is 2.40. The second kappa shape index (κ2) is 3.30. The van der Waals surface area contributed by atoms with Crippen molar-refractivity contribution in [3.05, 3.63) is 34.9 Å². The summed E-state index contributed by atoms with van der Waals surface area (Å²) in [6.45, 7) is 2.25. The molecule has 2 rings (SSSR count). The van der Waals surface area contributed by atoms with Gasteiger partial charge in [0.15, 0.2) is 0 Å². The highest BCUT2D eigenvalue weighted by Crippen LogP contribution is 2.31. The molecule has 0 saturated heterocycles. The summed E-state index contributed by atoms with van der Waals surface area (Å²) in [5.74, 6) is 0. The van der Waals surface area contributed by atoms with Gasteiger partial charge in [0.05, 0.1) is 0 Å². The molecule has 0 unspecified atom stereocenters. The molecular formula is C12H16. The van der Waals surface area contributed by atoms with Crippen molar-refractivity contribution >= 4 is 0 Å². The summed E-state index contributed by atoms with van der Waals surface area (Å²) in [5.41, 5.74) is 4.83. The van der Waals surface area contributed by atoms with Crippen molar-refractivity contribution in [2.75, 3.05) is 0 Å². The summed E-state index contributed by atoms with van der Waals surface area (Å²) in [4.78, 5) is 0. The van der Waals surface area contributed by atoms with Crippen LogP contribution in [0.1, 0.15) is 39.0 Å². The fourth-order valence-corrected chi connectivity index (χ4v) is 2.03. The first-order valence-electron chi connectivity index (χ1n) is 4.98. The molecule has 0 atom stereocenters. The van der Waals surface area contributed by atoms with Crippen LogP contribution in [0.3, 0.4) is 0 Å². The van der Waals surface area contributed by atoms with Crippen LogP contribution in [0.2, 0.25) is 0 Å². The molecular weight excluding hydrogens is 144 g/mol. The Kier molecular flexibility index (Phi) is 2.16. The number of rotatable bonds is 1. The minimum atomic E-state index is 1.23. The monoisotopic (exact) mass is 160 g/mol. The van der Waals surface area contributed by atoms with Gasteiger partial charge in [-0.25, -0.2) is 0 Å². The zero-order chi connectivity index (χ0) is 8.39. The third kappa shape index (κ3) is 1.38. The Morgan fingerprint density at radius 2 is 2.17 bits per heavy atom. The molecule has 0 bridgehead atoms. The fraction of sp³-hybridized carbons (Fsp3) is 0.500. The van der Waals surface area contributed by atoms with Crippen molar-refractivity contribution in [1.82, 2.24) is 0 Å². The van der Waals surface area contributed by atoms with Crippen LogP contribution >= 0.6 is 0 Å². The Bertz CT molecular complexity index is 264. The fourth-order valence-electron chi connectivity index (χ4n) is 2.03. The normalized spacial score (nSPS) is 22.2. The van der Waals surface area contributed by atoms with E-state index in [1.165, 1.54) is 37.7 Å². The molecule has 0 nitrogen and oxygen atoms in total. The smallest absolute Gasteiger partial charge is 0.0268 e. The number of hydrogen-bond donors (Lipinski definition) is 0. The molecule has 64 valence electrons. The molecule has 2 aliphatic rings. The molecule has 0 aliphatic heterocycles. The van der Waals surface area contributed by atoms with E-state index in [9.17, 15) is 0 Å². The molecule has 2 aliphatic carbocycles. The Morgan fingerprint density at radius 1 is 1.25 bits per heavy atom. The van der Waals surface area contributed by atoms with E-state index in [-0.39, 0.29) is 0 Å². The molecule has 12 heavy (non-hydrogen) atoms. The van der Waals surface area contributed by atoms with Gasteiger partial charge in [-0.1, -0.05) is 36.3 Å². The van der Waals surface area contributed by atoms with E-state index >= 15 is 0 Å². The Balaban J connectivity index is 2.26. The predicted octanol–water partition coefficient (Wildman–Crippen LogP) is 3.76. The van der Waals surface area contributed by atoms with Crippen LogP contribution in [0, 0.1) is 0 Å². The second-order valence-electron chi connectivity index (χ2n) is 3.66. The molecule has 0 saturated carbocycles. The van der Waals surface area contributed by atoms with Crippen LogP contribution < -0.4 is 0 Å². The van der Waals surface area contributed by atoms with E-state index in [1.54, 1.807) is 11.1 Å². The molecule has 0 radical (unpaired) electrons. The Morgan fingerprint density at radius 3 is 3.00 bits per heavy atom. The van der Waals surface area contributed by atoms with Gasteiger partial charge in [-0.2, -0.15) is 0 Å². The van der Waals surface area contributed by atoms with Gasteiger partial charge in [0, 0.05) is 0 Å². The second-order valence-corrected chi connectivity index (χ2v) is 3.66. The zero-order valence-electron chi connectivity index (χ0n) is 7.77. The molecule has 0 heterocycles. The van der Waals surface area contributed by atoms with E-state index < -0.39 is 0 Å². The lowest BCUT2D eigenvalue weighted by Crippen LogP contribution is -2.00. The highest BCUT2D eigenvalue weighted by atomic mass is 14.2.